The number of alkyl halides is 1. The zero-order chi connectivity index (χ0) is 15.1. The van der Waals surface area contributed by atoms with Crippen LogP contribution in [0.2, 0.25) is 10.0 Å². The Morgan fingerprint density at radius 1 is 1.14 bits per heavy atom. The van der Waals surface area contributed by atoms with Crippen LogP contribution in [0.5, 0.6) is 0 Å². The molecule has 0 N–H and O–H groups in total. The number of hydrogen-bond donors (Lipinski definition) is 0. The lowest BCUT2D eigenvalue weighted by atomic mass is 10.2. The van der Waals surface area contributed by atoms with Gasteiger partial charge >= 0.3 is 0 Å². The molecule has 0 aliphatic rings. The number of nitrogens with zero attached hydrogens (tertiary/aromatic N) is 2. The molecule has 0 aliphatic heterocycles. The van der Waals surface area contributed by atoms with Crippen LogP contribution in [0.15, 0.2) is 34.8 Å². The number of aryl methyl sites for hydroxylation is 1. The van der Waals surface area contributed by atoms with E-state index >= 15 is 0 Å². The van der Waals surface area contributed by atoms with Crippen molar-refractivity contribution >= 4 is 61.8 Å². The van der Waals surface area contributed by atoms with E-state index in [9.17, 15) is 0 Å². The molecule has 3 rings (SSSR count). The van der Waals surface area contributed by atoms with Crippen molar-refractivity contribution in [3.8, 4) is 5.69 Å². The summed E-state index contributed by atoms with van der Waals surface area (Å²) in [6.07, 6.45) is 0. The summed E-state index contributed by atoms with van der Waals surface area (Å²) in [4.78, 5) is 4.62. The Bertz CT molecular complexity index is 843. The summed E-state index contributed by atoms with van der Waals surface area (Å²) in [6, 6.07) is 9.77. The second-order valence-electron chi connectivity index (χ2n) is 4.63. The molecule has 2 nitrogen and oxygen atoms in total. The average molecular weight is 405 g/mol. The van der Waals surface area contributed by atoms with Gasteiger partial charge in [0.15, 0.2) is 0 Å². The van der Waals surface area contributed by atoms with E-state index in [1.54, 1.807) is 0 Å². The van der Waals surface area contributed by atoms with Crippen molar-refractivity contribution in [1.82, 2.24) is 9.55 Å². The maximum atomic E-state index is 6.41. The van der Waals surface area contributed by atoms with Crippen LogP contribution in [0.1, 0.15) is 11.4 Å². The standard InChI is InChI=1S/C15H10BrCl3N2/c1-8-3-2-4-11-15(8)20-12(7-17)21(11)10-6-5-9(16)13(18)14(10)19/h2-6H,7H2,1H3. The smallest absolute Gasteiger partial charge is 0.129 e. The predicted molar refractivity (Wildman–Crippen MR) is 93.1 cm³/mol. The first-order valence-corrected chi connectivity index (χ1v) is 8.29. The van der Waals surface area contributed by atoms with Gasteiger partial charge in [0.25, 0.3) is 0 Å². The van der Waals surface area contributed by atoms with E-state index in [-0.39, 0.29) is 5.88 Å². The Labute approximate surface area is 145 Å². The Morgan fingerprint density at radius 2 is 1.90 bits per heavy atom. The number of aromatic nitrogens is 2. The summed E-state index contributed by atoms with van der Waals surface area (Å²) in [5, 5.41) is 0.947. The van der Waals surface area contributed by atoms with Crippen molar-refractivity contribution in [3.05, 3.63) is 56.2 Å². The molecule has 0 bridgehead atoms. The van der Waals surface area contributed by atoms with Crippen molar-refractivity contribution in [3.63, 3.8) is 0 Å². The molecule has 108 valence electrons. The molecular formula is C15H10BrCl3N2. The predicted octanol–water partition coefficient (Wildman–Crippen LogP) is 6.14. The van der Waals surface area contributed by atoms with Gasteiger partial charge in [0, 0.05) is 4.47 Å². The van der Waals surface area contributed by atoms with Gasteiger partial charge in [-0.15, -0.1) is 11.6 Å². The van der Waals surface area contributed by atoms with E-state index in [0.29, 0.717) is 10.0 Å². The second kappa shape index (κ2) is 5.81. The first kappa shape index (κ1) is 15.2. The topological polar surface area (TPSA) is 17.8 Å². The van der Waals surface area contributed by atoms with E-state index < -0.39 is 0 Å². The molecule has 6 heteroatoms. The van der Waals surface area contributed by atoms with Gasteiger partial charge in [-0.25, -0.2) is 4.98 Å². The summed E-state index contributed by atoms with van der Waals surface area (Å²) < 4.78 is 2.71. The Balaban J connectivity index is 2.40. The number of halogens is 4. The Kier molecular flexibility index (Phi) is 4.19. The van der Waals surface area contributed by atoms with Gasteiger partial charge in [-0.05, 0) is 46.6 Å². The van der Waals surface area contributed by atoms with E-state index in [1.165, 1.54) is 0 Å². The normalized spacial score (nSPS) is 11.3. The maximum Gasteiger partial charge on any atom is 0.129 e. The first-order valence-electron chi connectivity index (χ1n) is 6.21. The lowest BCUT2D eigenvalue weighted by Crippen LogP contribution is -2.00. The van der Waals surface area contributed by atoms with Crippen LogP contribution in [-0.4, -0.2) is 9.55 Å². The third kappa shape index (κ3) is 2.46. The van der Waals surface area contributed by atoms with E-state index in [4.69, 9.17) is 34.8 Å². The van der Waals surface area contributed by atoms with Gasteiger partial charge in [0.05, 0.1) is 32.6 Å². The lowest BCUT2D eigenvalue weighted by molar-refractivity contribution is 0.981. The highest BCUT2D eigenvalue weighted by Crippen LogP contribution is 2.37. The third-order valence-electron chi connectivity index (χ3n) is 3.33. The van der Waals surface area contributed by atoms with Gasteiger partial charge in [-0.3, -0.25) is 4.57 Å². The van der Waals surface area contributed by atoms with Crippen molar-refractivity contribution in [2.24, 2.45) is 0 Å². The number of fused-ring (bicyclic) bond motifs is 1. The van der Waals surface area contributed by atoms with Crippen molar-refractivity contribution < 1.29 is 0 Å². The third-order valence-corrected chi connectivity index (χ3v) is 5.33. The SMILES string of the molecule is Cc1cccc2c1nc(CCl)n2-c1ccc(Br)c(Cl)c1Cl. The highest BCUT2D eigenvalue weighted by molar-refractivity contribution is 9.10. The zero-order valence-corrected chi connectivity index (χ0v) is 14.9. The highest BCUT2D eigenvalue weighted by Gasteiger charge is 2.17. The minimum absolute atomic E-state index is 0.290. The average Bonchev–Trinajstić information content (AvgIpc) is 2.85. The fourth-order valence-corrected chi connectivity index (χ4v) is 3.37. The quantitative estimate of drug-likeness (QED) is 0.370. The Hall–Kier alpha value is -0.740. The molecule has 2 aromatic carbocycles. The number of para-hydroxylation sites is 1. The van der Waals surface area contributed by atoms with Crippen molar-refractivity contribution in [2.45, 2.75) is 12.8 Å². The van der Waals surface area contributed by atoms with Crippen LogP contribution in [0, 0.1) is 6.92 Å². The minimum atomic E-state index is 0.290. The molecule has 0 saturated carbocycles. The summed E-state index contributed by atoms with van der Waals surface area (Å²) in [5.41, 5.74) is 3.75. The number of rotatable bonds is 2. The van der Waals surface area contributed by atoms with Crippen LogP contribution in [0.4, 0.5) is 0 Å². The van der Waals surface area contributed by atoms with Gasteiger partial charge < -0.3 is 0 Å². The van der Waals surface area contributed by atoms with Crippen LogP contribution in [-0.2, 0) is 5.88 Å². The van der Waals surface area contributed by atoms with Gasteiger partial charge in [-0.2, -0.15) is 0 Å². The molecule has 0 radical (unpaired) electrons. The number of imidazole rings is 1. The van der Waals surface area contributed by atoms with Crippen LogP contribution >= 0.6 is 50.7 Å². The zero-order valence-electron chi connectivity index (χ0n) is 11.0. The largest absolute Gasteiger partial charge is 0.294 e. The summed E-state index contributed by atoms with van der Waals surface area (Å²) in [6.45, 7) is 2.02. The molecule has 1 heterocycles. The minimum Gasteiger partial charge on any atom is -0.294 e. The molecule has 0 spiro atoms. The molecule has 0 aliphatic carbocycles. The molecule has 1 aromatic heterocycles. The highest BCUT2D eigenvalue weighted by atomic mass is 79.9. The monoisotopic (exact) mass is 402 g/mol. The summed E-state index contributed by atoms with van der Waals surface area (Å²) in [5.74, 6) is 1.03. The molecule has 3 aromatic rings. The molecule has 21 heavy (non-hydrogen) atoms. The van der Waals surface area contributed by atoms with Gasteiger partial charge in [-0.1, -0.05) is 35.3 Å². The molecule has 0 fully saturated rings. The molecular weight excluding hydrogens is 394 g/mol. The van der Waals surface area contributed by atoms with Crippen molar-refractivity contribution in [1.29, 1.82) is 0 Å². The van der Waals surface area contributed by atoms with Gasteiger partial charge in [0.2, 0.25) is 0 Å². The Morgan fingerprint density at radius 3 is 2.62 bits per heavy atom. The van der Waals surface area contributed by atoms with E-state index in [2.05, 4.69) is 20.9 Å². The maximum absolute atomic E-state index is 6.41. The molecule has 0 amide bonds. The molecule has 0 atom stereocenters. The summed E-state index contributed by atoms with van der Waals surface area (Å²) >= 11 is 22.1. The number of benzene rings is 2. The van der Waals surface area contributed by atoms with Crippen LogP contribution < -0.4 is 0 Å². The molecule has 0 saturated heterocycles. The second-order valence-corrected chi connectivity index (χ2v) is 6.51. The molecule has 0 unspecified atom stereocenters. The fraction of sp³-hybridized carbons (Fsp3) is 0.133. The summed E-state index contributed by atoms with van der Waals surface area (Å²) in [7, 11) is 0. The first-order chi connectivity index (χ1) is 10.0. The van der Waals surface area contributed by atoms with E-state index in [1.807, 2.05) is 41.8 Å². The van der Waals surface area contributed by atoms with E-state index in [0.717, 1.165) is 32.6 Å². The van der Waals surface area contributed by atoms with Gasteiger partial charge in [0.1, 0.15) is 5.82 Å². The lowest BCUT2D eigenvalue weighted by Gasteiger charge is -2.12. The number of hydrogen-bond acceptors (Lipinski definition) is 1. The van der Waals surface area contributed by atoms with Crippen LogP contribution in [0.3, 0.4) is 0 Å². The van der Waals surface area contributed by atoms with Crippen molar-refractivity contribution in [2.75, 3.05) is 0 Å². The fourth-order valence-electron chi connectivity index (χ4n) is 2.33. The van der Waals surface area contributed by atoms with Crippen LogP contribution in [0.25, 0.3) is 16.7 Å².